The van der Waals surface area contributed by atoms with Crippen molar-refractivity contribution in [3.8, 4) is 5.82 Å². The third kappa shape index (κ3) is 1.70. The molecule has 2 aromatic rings. The van der Waals surface area contributed by atoms with Crippen molar-refractivity contribution < 1.29 is 0 Å². The number of nitrogens with zero attached hydrogens (tertiary/aromatic N) is 4. The van der Waals surface area contributed by atoms with Crippen LogP contribution in [0.2, 0.25) is 0 Å². The van der Waals surface area contributed by atoms with E-state index in [4.69, 9.17) is 0 Å². The molecular weight excluding hydrogens is 184 g/mol. The molecule has 0 unspecified atom stereocenters. The van der Waals surface area contributed by atoms with Gasteiger partial charge in [-0.15, -0.1) is 0 Å². The molecule has 0 radical (unpaired) electrons. The fraction of sp³-hybridized carbons (Fsp3) is 0.125. The predicted octanol–water partition coefficient (Wildman–Crippen LogP) is 1.38. The van der Waals surface area contributed by atoms with Gasteiger partial charge in [0.15, 0.2) is 5.16 Å². The molecule has 0 aliphatic carbocycles. The van der Waals surface area contributed by atoms with Crippen molar-refractivity contribution in [1.29, 1.82) is 0 Å². The molecule has 2 aromatic heterocycles. The number of thioether (sulfide) groups is 1. The van der Waals surface area contributed by atoms with E-state index in [-0.39, 0.29) is 0 Å². The summed E-state index contributed by atoms with van der Waals surface area (Å²) in [6, 6.07) is 1.85. The summed E-state index contributed by atoms with van der Waals surface area (Å²) in [5.74, 6) is 0.844. The van der Waals surface area contributed by atoms with Crippen molar-refractivity contribution >= 4 is 11.8 Å². The monoisotopic (exact) mass is 192 g/mol. The second kappa shape index (κ2) is 3.57. The molecular formula is C8H8N4S. The topological polar surface area (TPSA) is 43.6 Å². The van der Waals surface area contributed by atoms with Gasteiger partial charge in [0.25, 0.3) is 0 Å². The molecule has 0 aliphatic rings. The molecule has 0 bridgehead atoms. The lowest BCUT2D eigenvalue weighted by molar-refractivity contribution is 0.890. The van der Waals surface area contributed by atoms with Crippen molar-refractivity contribution in [3.05, 3.63) is 31.0 Å². The highest BCUT2D eigenvalue weighted by Gasteiger charge is 1.98. The molecule has 66 valence electrons. The molecule has 2 rings (SSSR count). The summed E-state index contributed by atoms with van der Waals surface area (Å²) in [6.45, 7) is 0. The molecule has 0 aliphatic heterocycles. The number of imidazole rings is 1. The summed E-state index contributed by atoms with van der Waals surface area (Å²) in [5, 5.41) is 0.770. The van der Waals surface area contributed by atoms with Crippen LogP contribution in [0.1, 0.15) is 0 Å². The molecule has 0 atom stereocenters. The second-order valence-corrected chi connectivity index (χ2v) is 3.14. The summed E-state index contributed by atoms with van der Waals surface area (Å²) in [5.41, 5.74) is 0. The van der Waals surface area contributed by atoms with E-state index in [0.29, 0.717) is 0 Å². The Morgan fingerprint density at radius 3 is 3.00 bits per heavy atom. The molecule has 0 fully saturated rings. The van der Waals surface area contributed by atoms with Crippen LogP contribution in [0.25, 0.3) is 5.82 Å². The second-order valence-electron chi connectivity index (χ2n) is 2.37. The largest absolute Gasteiger partial charge is 0.290 e. The highest BCUT2D eigenvalue weighted by atomic mass is 32.2. The van der Waals surface area contributed by atoms with Crippen LogP contribution in [0.4, 0.5) is 0 Å². The van der Waals surface area contributed by atoms with Crippen molar-refractivity contribution in [3.63, 3.8) is 0 Å². The van der Waals surface area contributed by atoms with Crippen LogP contribution >= 0.6 is 11.8 Å². The molecule has 13 heavy (non-hydrogen) atoms. The van der Waals surface area contributed by atoms with Crippen LogP contribution in [-0.4, -0.2) is 25.8 Å². The average Bonchev–Trinajstić information content (AvgIpc) is 2.71. The van der Waals surface area contributed by atoms with E-state index in [9.17, 15) is 0 Å². The van der Waals surface area contributed by atoms with Crippen LogP contribution in [-0.2, 0) is 0 Å². The van der Waals surface area contributed by atoms with Gasteiger partial charge in [-0.2, -0.15) is 0 Å². The third-order valence-electron chi connectivity index (χ3n) is 1.57. The molecule has 0 saturated heterocycles. The first-order valence-electron chi connectivity index (χ1n) is 3.75. The minimum Gasteiger partial charge on any atom is -0.290 e. The Bertz CT molecular complexity index is 385. The fourth-order valence-corrected chi connectivity index (χ4v) is 1.32. The predicted molar refractivity (Wildman–Crippen MR) is 50.9 cm³/mol. The van der Waals surface area contributed by atoms with Crippen LogP contribution < -0.4 is 0 Å². The fourth-order valence-electron chi connectivity index (χ4n) is 0.969. The SMILES string of the molecule is CSc1nccc(-n2ccnc2)n1. The molecule has 4 nitrogen and oxygen atoms in total. The van der Waals surface area contributed by atoms with Crippen molar-refractivity contribution in [2.24, 2.45) is 0 Å². The molecule has 0 saturated carbocycles. The molecule has 0 spiro atoms. The summed E-state index contributed by atoms with van der Waals surface area (Å²) in [6.07, 6.45) is 8.99. The number of hydrogen-bond donors (Lipinski definition) is 0. The van der Waals surface area contributed by atoms with Gasteiger partial charge in [-0.1, -0.05) is 11.8 Å². The molecule has 2 heterocycles. The Labute approximate surface area is 80.1 Å². The van der Waals surface area contributed by atoms with Crippen molar-refractivity contribution in [2.45, 2.75) is 5.16 Å². The summed E-state index contributed by atoms with van der Waals surface area (Å²) >= 11 is 1.52. The van der Waals surface area contributed by atoms with Crippen LogP contribution in [0.3, 0.4) is 0 Å². The van der Waals surface area contributed by atoms with Crippen LogP contribution in [0.15, 0.2) is 36.1 Å². The van der Waals surface area contributed by atoms with Crippen molar-refractivity contribution in [2.75, 3.05) is 6.26 Å². The first-order valence-corrected chi connectivity index (χ1v) is 4.98. The summed E-state index contributed by atoms with van der Waals surface area (Å²) in [7, 11) is 0. The molecule has 0 aromatic carbocycles. The van der Waals surface area contributed by atoms with Crippen molar-refractivity contribution in [1.82, 2.24) is 19.5 Å². The third-order valence-corrected chi connectivity index (χ3v) is 2.13. The van der Waals surface area contributed by atoms with E-state index in [2.05, 4.69) is 15.0 Å². The lowest BCUT2D eigenvalue weighted by Crippen LogP contribution is -1.96. The minimum atomic E-state index is 0.770. The van der Waals surface area contributed by atoms with Gasteiger partial charge in [-0.3, -0.25) is 4.57 Å². The van der Waals surface area contributed by atoms with E-state index in [1.54, 1.807) is 18.7 Å². The highest BCUT2D eigenvalue weighted by molar-refractivity contribution is 7.98. The lowest BCUT2D eigenvalue weighted by Gasteiger charge is -2.00. The Balaban J connectivity index is 2.41. The molecule has 0 N–H and O–H groups in total. The van der Waals surface area contributed by atoms with Gasteiger partial charge in [-0.05, 0) is 12.3 Å². The van der Waals surface area contributed by atoms with Gasteiger partial charge in [0.2, 0.25) is 0 Å². The van der Waals surface area contributed by atoms with E-state index < -0.39 is 0 Å². The lowest BCUT2D eigenvalue weighted by atomic mass is 10.6. The number of rotatable bonds is 2. The van der Waals surface area contributed by atoms with Gasteiger partial charge < -0.3 is 0 Å². The molecule has 0 amide bonds. The van der Waals surface area contributed by atoms with Gasteiger partial charge in [0.05, 0.1) is 0 Å². The van der Waals surface area contributed by atoms with E-state index in [0.717, 1.165) is 11.0 Å². The standard InChI is InChI=1S/C8H8N4S/c1-13-8-10-3-2-7(11-8)12-5-4-9-6-12/h2-6H,1H3. The zero-order chi connectivity index (χ0) is 9.10. The Morgan fingerprint density at radius 1 is 1.38 bits per heavy atom. The molecule has 5 heteroatoms. The maximum Gasteiger partial charge on any atom is 0.189 e. The van der Waals surface area contributed by atoms with E-state index in [1.807, 2.05) is 23.1 Å². The Hall–Kier alpha value is -1.36. The maximum absolute atomic E-state index is 4.31. The summed E-state index contributed by atoms with van der Waals surface area (Å²) in [4.78, 5) is 12.3. The number of aromatic nitrogens is 4. The van der Waals surface area contributed by atoms with Gasteiger partial charge in [0.1, 0.15) is 12.1 Å². The Kier molecular flexibility index (Phi) is 2.27. The first-order chi connectivity index (χ1) is 6.40. The zero-order valence-corrected chi connectivity index (χ0v) is 7.90. The van der Waals surface area contributed by atoms with E-state index >= 15 is 0 Å². The normalized spacial score (nSPS) is 10.2. The van der Waals surface area contributed by atoms with Crippen LogP contribution in [0.5, 0.6) is 0 Å². The van der Waals surface area contributed by atoms with Gasteiger partial charge in [0, 0.05) is 18.6 Å². The summed E-state index contributed by atoms with van der Waals surface area (Å²) < 4.78 is 1.85. The average molecular weight is 192 g/mol. The van der Waals surface area contributed by atoms with E-state index in [1.165, 1.54) is 11.8 Å². The quantitative estimate of drug-likeness (QED) is 0.532. The highest BCUT2D eigenvalue weighted by Crippen LogP contribution is 2.09. The van der Waals surface area contributed by atoms with Crippen LogP contribution in [0, 0.1) is 0 Å². The maximum atomic E-state index is 4.31. The smallest absolute Gasteiger partial charge is 0.189 e. The minimum absolute atomic E-state index is 0.770. The zero-order valence-electron chi connectivity index (χ0n) is 7.08. The van der Waals surface area contributed by atoms with Gasteiger partial charge >= 0.3 is 0 Å². The first kappa shape index (κ1) is 8.25. The van der Waals surface area contributed by atoms with Gasteiger partial charge in [-0.25, -0.2) is 15.0 Å². The Morgan fingerprint density at radius 2 is 2.31 bits per heavy atom. The number of hydrogen-bond acceptors (Lipinski definition) is 4.